The highest BCUT2D eigenvalue weighted by Crippen LogP contribution is 2.17. The molecule has 0 spiro atoms. The lowest BCUT2D eigenvalue weighted by Crippen LogP contribution is -2.18. The highest BCUT2D eigenvalue weighted by atomic mass is 79.9. The smallest absolute Gasteiger partial charge is 0.0556 e. The third-order valence-electron chi connectivity index (χ3n) is 1.86. The molecule has 2 N–H and O–H groups in total. The predicted octanol–water partition coefficient (Wildman–Crippen LogP) is 1.23. The summed E-state index contributed by atoms with van der Waals surface area (Å²) in [4.78, 5) is 4.07. The average molecular weight is 245 g/mol. The second-order valence-electron chi connectivity index (χ2n) is 2.81. The number of aliphatic hydroxyl groups excluding tert-OH is 1. The Kier molecular flexibility index (Phi) is 4.35. The molecule has 72 valence electrons. The summed E-state index contributed by atoms with van der Waals surface area (Å²) in [5, 5.41) is 11.7. The highest BCUT2D eigenvalue weighted by molar-refractivity contribution is 9.10. The lowest BCUT2D eigenvalue weighted by molar-refractivity contribution is 0.292. The van der Waals surface area contributed by atoms with Gasteiger partial charge in [0, 0.05) is 30.0 Å². The molecule has 13 heavy (non-hydrogen) atoms. The van der Waals surface area contributed by atoms with E-state index in [1.807, 2.05) is 13.1 Å². The molecule has 1 aromatic heterocycles. The van der Waals surface area contributed by atoms with Crippen LogP contribution in [-0.4, -0.2) is 23.2 Å². The van der Waals surface area contributed by atoms with Gasteiger partial charge in [0.05, 0.1) is 6.61 Å². The summed E-state index contributed by atoms with van der Waals surface area (Å²) < 4.78 is 1.02. The van der Waals surface area contributed by atoms with Crippen molar-refractivity contribution in [2.75, 3.05) is 13.2 Å². The van der Waals surface area contributed by atoms with E-state index < -0.39 is 0 Å². The standard InChI is InChI=1S/C9H13BrN2O/c1-7-8(4-11-2-3-13)5-12-6-9(7)10/h5-6,11,13H,2-4H2,1H3. The molecule has 4 heteroatoms. The molecular weight excluding hydrogens is 232 g/mol. The van der Waals surface area contributed by atoms with Crippen molar-refractivity contribution in [1.29, 1.82) is 0 Å². The summed E-state index contributed by atoms with van der Waals surface area (Å²) in [6.07, 6.45) is 3.62. The quantitative estimate of drug-likeness (QED) is 0.784. The van der Waals surface area contributed by atoms with E-state index in [1.54, 1.807) is 6.20 Å². The zero-order valence-electron chi connectivity index (χ0n) is 7.55. The first-order valence-electron chi connectivity index (χ1n) is 4.16. The molecule has 0 aliphatic rings. The molecule has 0 unspecified atom stereocenters. The van der Waals surface area contributed by atoms with Crippen molar-refractivity contribution >= 4 is 15.9 Å². The molecule has 1 aromatic rings. The van der Waals surface area contributed by atoms with Gasteiger partial charge < -0.3 is 10.4 Å². The van der Waals surface area contributed by atoms with Gasteiger partial charge in [-0.25, -0.2) is 0 Å². The Labute approximate surface area is 86.3 Å². The van der Waals surface area contributed by atoms with E-state index in [0.717, 1.165) is 16.6 Å². The minimum Gasteiger partial charge on any atom is -0.395 e. The molecule has 0 bridgehead atoms. The molecular formula is C9H13BrN2O. The Bertz CT molecular complexity index is 278. The fraction of sp³-hybridized carbons (Fsp3) is 0.444. The van der Waals surface area contributed by atoms with Crippen LogP contribution in [0.3, 0.4) is 0 Å². The molecule has 0 radical (unpaired) electrons. The van der Waals surface area contributed by atoms with Crippen molar-refractivity contribution in [1.82, 2.24) is 10.3 Å². The number of hydrogen-bond acceptors (Lipinski definition) is 3. The maximum atomic E-state index is 8.58. The van der Waals surface area contributed by atoms with Crippen LogP contribution in [0.15, 0.2) is 16.9 Å². The normalized spacial score (nSPS) is 10.4. The second-order valence-corrected chi connectivity index (χ2v) is 3.66. The van der Waals surface area contributed by atoms with Gasteiger partial charge in [-0.3, -0.25) is 4.98 Å². The number of rotatable bonds is 4. The van der Waals surface area contributed by atoms with E-state index in [0.29, 0.717) is 6.54 Å². The second kappa shape index (κ2) is 5.32. The van der Waals surface area contributed by atoms with Crippen molar-refractivity contribution in [2.24, 2.45) is 0 Å². The third-order valence-corrected chi connectivity index (χ3v) is 2.66. The maximum absolute atomic E-state index is 8.58. The number of nitrogens with zero attached hydrogens (tertiary/aromatic N) is 1. The Morgan fingerprint density at radius 1 is 1.54 bits per heavy atom. The lowest BCUT2D eigenvalue weighted by Gasteiger charge is -2.07. The molecule has 3 nitrogen and oxygen atoms in total. The van der Waals surface area contributed by atoms with Crippen LogP contribution in [0, 0.1) is 6.92 Å². The lowest BCUT2D eigenvalue weighted by atomic mass is 10.1. The van der Waals surface area contributed by atoms with Gasteiger partial charge in [0.15, 0.2) is 0 Å². The number of nitrogens with one attached hydrogen (secondary N) is 1. The Morgan fingerprint density at radius 2 is 2.31 bits per heavy atom. The van der Waals surface area contributed by atoms with Gasteiger partial charge >= 0.3 is 0 Å². The van der Waals surface area contributed by atoms with Gasteiger partial charge in [0.1, 0.15) is 0 Å². The number of aliphatic hydroxyl groups is 1. The third kappa shape index (κ3) is 3.06. The number of hydrogen-bond donors (Lipinski definition) is 2. The topological polar surface area (TPSA) is 45.2 Å². The largest absolute Gasteiger partial charge is 0.395 e. The van der Waals surface area contributed by atoms with Crippen molar-refractivity contribution in [3.05, 3.63) is 28.0 Å². The van der Waals surface area contributed by atoms with Gasteiger partial charge in [0.2, 0.25) is 0 Å². The van der Waals surface area contributed by atoms with Gasteiger partial charge in [-0.2, -0.15) is 0 Å². The maximum Gasteiger partial charge on any atom is 0.0556 e. The highest BCUT2D eigenvalue weighted by Gasteiger charge is 2.01. The van der Waals surface area contributed by atoms with E-state index in [9.17, 15) is 0 Å². The summed E-state index contributed by atoms with van der Waals surface area (Å²) >= 11 is 3.42. The minimum absolute atomic E-state index is 0.167. The summed E-state index contributed by atoms with van der Waals surface area (Å²) in [6.45, 7) is 3.58. The summed E-state index contributed by atoms with van der Waals surface area (Å²) in [5.41, 5.74) is 2.35. The summed E-state index contributed by atoms with van der Waals surface area (Å²) in [6, 6.07) is 0. The van der Waals surface area contributed by atoms with Crippen LogP contribution in [0.2, 0.25) is 0 Å². The number of aromatic nitrogens is 1. The first kappa shape index (κ1) is 10.6. The molecule has 0 atom stereocenters. The molecule has 0 aliphatic heterocycles. The van der Waals surface area contributed by atoms with Crippen LogP contribution in [0.25, 0.3) is 0 Å². The zero-order chi connectivity index (χ0) is 9.68. The fourth-order valence-corrected chi connectivity index (χ4v) is 1.39. The van der Waals surface area contributed by atoms with Crippen molar-refractivity contribution in [3.63, 3.8) is 0 Å². The van der Waals surface area contributed by atoms with Crippen LogP contribution in [0.1, 0.15) is 11.1 Å². The minimum atomic E-state index is 0.167. The van der Waals surface area contributed by atoms with Crippen LogP contribution in [0.4, 0.5) is 0 Å². The van der Waals surface area contributed by atoms with Crippen LogP contribution in [-0.2, 0) is 6.54 Å². The first-order valence-corrected chi connectivity index (χ1v) is 4.95. The molecule has 0 saturated heterocycles. The van der Waals surface area contributed by atoms with E-state index in [2.05, 4.69) is 26.2 Å². The van der Waals surface area contributed by atoms with E-state index in [-0.39, 0.29) is 6.61 Å². The first-order chi connectivity index (χ1) is 6.25. The molecule has 0 amide bonds. The molecule has 1 heterocycles. The molecule has 0 aromatic carbocycles. The van der Waals surface area contributed by atoms with Gasteiger partial charge in [-0.1, -0.05) is 0 Å². The van der Waals surface area contributed by atoms with Crippen LogP contribution < -0.4 is 5.32 Å². The van der Waals surface area contributed by atoms with E-state index >= 15 is 0 Å². The number of pyridine rings is 1. The van der Waals surface area contributed by atoms with Crippen molar-refractivity contribution < 1.29 is 5.11 Å². The molecule has 0 aliphatic carbocycles. The Hall–Kier alpha value is -0.450. The van der Waals surface area contributed by atoms with Crippen molar-refractivity contribution in [2.45, 2.75) is 13.5 Å². The monoisotopic (exact) mass is 244 g/mol. The number of halogens is 1. The molecule has 0 saturated carbocycles. The van der Waals surface area contributed by atoms with Gasteiger partial charge in [-0.15, -0.1) is 0 Å². The average Bonchev–Trinajstić information content (AvgIpc) is 2.13. The van der Waals surface area contributed by atoms with Crippen LogP contribution in [0.5, 0.6) is 0 Å². The zero-order valence-corrected chi connectivity index (χ0v) is 9.13. The van der Waals surface area contributed by atoms with E-state index in [4.69, 9.17) is 5.11 Å². The van der Waals surface area contributed by atoms with Gasteiger partial charge in [-0.05, 0) is 34.0 Å². The van der Waals surface area contributed by atoms with Crippen LogP contribution >= 0.6 is 15.9 Å². The predicted molar refractivity (Wildman–Crippen MR) is 55.5 cm³/mol. The summed E-state index contributed by atoms with van der Waals surface area (Å²) in [5.74, 6) is 0. The van der Waals surface area contributed by atoms with Crippen molar-refractivity contribution in [3.8, 4) is 0 Å². The molecule has 0 fully saturated rings. The Morgan fingerprint density at radius 3 is 3.00 bits per heavy atom. The fourth-order valence-electron chi connectivity index (χ4n) is 1.02. The SMILES string of the molecule is Cc1c(Br)cncc1CNCCO. The van der Waals surface area contributed by atoms with Gasteiger partial charge in [0.25, 0.3) is 0 Å². The Balaban J connectivity index is 2.61. The van der Waals surface area contributed by atoms with E-state index in [1.165, 1.54) is 5.56 Å². The summed E-state index contributed by atoms with van der Waals surface area (Å²) in [7, 11) is 0. The molecule has 1 rings (SSSR count).